The van der Waals surface area contributed by atoms with Crippen LogP contribution in [0.4, 0.5) is 11.4 Å². The van der Waals surface area contributed by atoms with Crippen molar-refractivity contribution in [3.63, 3.8) is 0 Å². The summed E-state index contributed by atoms with van der Waals surface area (Å²) >= 11 is 3.02. The highest BCUT2D eigenvalue weighted by atomic mass is 32.2. The van der Waals surface area contributed by atoms with Gasteiger partial charge < -0.3 is 14.8 Å². The molecule has 0 saturated carbocycles. The summed E-state index contributed by atoms with van der Waals surface area (Å²) in [7, 11) is 5.89. The lowest BCUT2D eigenvalue weighted by atomic mass is 10.2. The first-order valence-electron chi connectivity index (χ1n) is 8.14. The maximum Gasteiger partial charge on any atom is 0.237 e. The first-order chi connectivity index (χ1) is 12.5. The van der Waals surface area contributed by atoms with E-state index in [0.29, 0.717) is 0 Å². The maximum atomic E-state index is 12.5. The van der Waals surface area contributed by atoms with E-state index in [4.69, 9.17) is 0 Å². The Morgan fingerprint density at radius 2 is 1.96 bits per heavy atom. The van der Waals surface area contributed by atoms with Gasteiger partial charge in [-0.05, 0) is 42.6 Å². The second kappa shape index (κ2) is 7.92. The van der Waals surface area contributed by atoms with Crippen LogP contribution in [0, 0.1) is 0 Å². The van der Waals surface area contributed by atoms with Crippen LogP contribution in [0.3, 0.4) is 0 Å². The number of nitrogens with one attached hydrogen (secondary N) is 1. The first-order valence-corrected chi connectivity index (χ1v) is 9.90. The Morgan fingerprint density at radius 1 is 1.23 bits per heavy atom. The number of carbonyl (C=O) groups is 1. The number of hydrogen-bond donors (Lipinski definition) is 1. The number of nitrogens with zero attached hydrogens (tertiary/aromatic N) is 4. The van der Waals surface area contributed by atoms with Gasteiger partial charge in [0, 0.05) is 32.5 Å². The third-order valence-electron chi connectivity index (χ3n) is 3.88. The Morgan fingerprint density at radius 3 is 2.58 bits per heavy atom. The molecule has 1 unspecified atom stereocenters. The summed E-state index contributed by atoms with van der Waals surface area (Å²) in [4.78, 5) is 15.6. The van der Waals surface area contributed by atoms with Crippen LogP contribution >= 0.6 is 23.1 Å². The molecule has 2 heterocycles. The highest BCUT2D eigenvalue weighted by Gasteiger charge is 2.19. The fourth-order valence-corrected chi connectivity index (χ4v) is 3.90. The van der Waals surface area contributed by atoms with Crippen LogP contribution in [0.5, 0.6) is 0 Å². The average Bonchev–Trinajstić information content (AvgIpc) is 3.26. The Kier molecular flexibility index (Phi) is 5.63. The molecule has 0 saturated heterocycles. The molecule has 3 rings (SSSR count). The van der Waals surface area contributed by atoms with Crippen molar-refractivity contribution in [2.45, 2.75) is 17.3 Å². The molecule has 1 N–H and O–H groups in total. The number of thiophene rings is 1. The summed E-state index contributed by atoms with van der Waals surface area (Å²) in [6.07, 6.45) is 0. The van der Waals surface area contributed by atoms with E-state index in [-0.39, 0.29) is 11.2 Å². The van der Waals surface area contributed by atoms with E-state index in [2.05, 4.69) is 15.5 Å². The molecule has 8 heteroatoms. The van der Waals surface area contributed by atoms with Crippen LogP contribution in [0.15, 0.2) is 46.9 Å². The Hall–Kier alpha value is -2.32. The van der Waals surface area contributed by atoms with Crippen LogP contribution < -0.4 is 10.2 Å². The van der Waals surface area contributed by atoms with Gasteiger partial charge >= 0.3 is 0 Å². The fraction of sp³-hybridized carbons (Fsp3) is 0.278. The molecule has 0 fully saturated rings. The number of aromatic nitrogens is 3. The van der Waals surface area contributed by atoms with Crippen LogP contribution in [-0.2, 0) is 11.8 Å². The highest BCUT2D eigenvalue weighted by Crippen LogP contribution is 2.28. The number of thioether (sulfide) groups is 1. The van der Waals surface area contributed by atoms with E-state index in [9.17, 15) is 4.79 Å². The third-order valence-corrected chi connectivity index (χ3v) is 5.88. The second-order valence-electron chi connectivity index (χ2n) is 6.03. The Labute approximate surface area is 161 Å². The lowest BCUT2D eigenvalue weighted by Crippen LogP contribution is -2.22. The maximum absolute atomic E-state index is 12.5. The van der Waals surface area contributed by atoms with Crippen molar-refractivity contribution in [3.8, 4) is 10.7 Å². The zero-order valence-corrected chi connectivity index (χ0v) is 16.8. The van der Waals surface area contributed by atoms with Gasteiger partial charge in [0.2, 0.25) is 5.91 Å². The predicted molar refractivity (Wildman–Crippen MR) is 109 cm³/mol. The quantitative estimate of drug-likeness (QED) is 0.653. The molecule has 1 atom stereocenters. The van der Waals surface area contributed by atoms with Crippen molar-refractivity contribution in [2.24, 2.45) is 7.05 Å². The van der Waals surface area contributed by atoms with Crippen molar-refractivity contribution < 1.29 is 4.79 Å². The SMILES string of the molecule is CC(Sc1nnc(-c2cccs2)n1C)C(=O)Nc1ccc(N(C)C)cc1. The van der Waals surface area contributed by atoms with Gasteiger partial charge in [-0.1, -0.05) is 17.8 Å². The molecule has 1 aromatic carbocycles. The molecule has 136 valence electrons. The zero-order chi connectivity index (χ0) is 18.7. The molecule has 1 amide bonds. The average molecular weight is 388 g/mol. The number of amides is 1. The first kappa shape index (κ1) is 18.5. The van der Waals surface area contributed by atoms with Crippen molar-refractivity contribution >= 4 is 40.4 Å². The molecule has 0 aliphatic heterocycles. The molecule has 0 radical (unpaired) electrons. The Bertz CT molecular complexity index is 872. The number of benzene rings is 1. The molecule has 3 aromatic rings. The van der Waals surface area contributed by atoms with Crippen molar-refractivity contribution in [1.82, 2.24) is 14.8 Å². The fourth-order valence-electron chi connectivity index (χ4n) is 2.34. The molecular formula is C18H21N5OS2. The van der Waals surface area contributed by atoms with E-state index in [1.54, 1.807) is 11.3 Å². The van der Waals surface area contributed by atoms with E-state index in [0.717, 1.165) is 27.2 Å². The summed E-state index contributed by atoms with van der Waals surface area (Å²) in [6.45, 7) is 1.87. The van der Waals surface area contributed by atoms with Crippen LogP contribution in [0.25, 0.3) is 10.7 Å². The summed E-state index contributed by atoms with van der Waals surface area (Å²) in [6, 6.07) is 11.8. The largest absolute Gasteiger partial charge is 0.378 e. The summed E-state index contributed by atoms with van der Waals surface area (Å²) in [5.41, 5.74) is 1.87. The molecular weight excluding hydrogens is 366 g/mol. The van der Waals surface area contributed by atoms with E-state index in [1.807, 2.05) is 79.3 Å². The van der Waals surface area contributed by atoms with Crippen molar-refractivity contribution in [2.75, 3.05) is 24.3 Å². The number of rotatable bonds is 6. The molecule has 0 aliphatic carbocycles. The zero-order valence-electron chi connectivity index (χ0n) is 15.1. The molecule has 0 spiro atoms. The van der Waals surface area contributed by atoms with Crippen molar-refractivity contribution in [3.05, 3.63) is 41.8 Å². The minimum Gasteiger partial charge on any atom is -0.378 e. The van der Waals surface area contributed by atoms with Gasteiger partial charge in [0.15, 0.2) is 11.0 Å². The predicted octanol–water partition coefficient (Wildman–Crippen LogP) is 3.73. The van der Waals surface area contributed by atoms with Gasteiger partial charge in [0.1, 0.15) is 0 Å². The minimum absolute atomic E-state index is 0.0618. The van der Waals surface area contributed by atoms with E-state index >= 15 is 0 Å². The lowest BCUT2D eigenvalue weighted by molar-refractivity contribution is -0.115. The van der Waals surface area contributed by atoms with Crippen LogP contribution in [-0.4, -0.2) is 40.0 Å². The Balaban J connectivity index is 1.64. The summed E-state index contributed by atoms with van der Waals surface area (Å²) < 4.78 is 1.92. The monoisotopic (exact) mass is 387 g/mol. The highest BCUT2D eigenvalue weighted by molar-refractivity contribution is 8.00. The number of carbonyl (C=O) groups excluding carboxylic acids is 1. The van der Waals surface area contributed by atoms with Crippen molar-refractivity contribution in [1.29, 1.82) is 0 Å². The summed E-state index contributed by atoms with van der Waals surface area (Å²) in [5, 5.41) is 13.9. The second-order valence-corrected chi connectivity index (χ2v) is 8.29. The third kappa shape index (κ3) is 4.08. The topological polar surface area (TPSA) is 63.1 Å². The smallest absolute Gasteiger partial charge is 0.237 e. The number of hydrogen-bond acceptors (Lipinski definition) is 6. The number of anilines is 2. The minimum atomic E-state index is -0.289. The van der Waals surface area contributed by atoms with Gasteiger partial charge in [-0.15, -0.1) is 21.5 Å². The van der Waals surface area contributed by atoms with Crippen LogP contribution in [0.2, 0.25) is 0 Å². The molecule has 0 bridgehead atoms. The van der Waals surface area contributed by atoms with Gasteiger partial charge in [0.25, 0.3) is 0 Å². The van der Waals surface area contributed by atoms with E-state index in [1.165, 1.54) is 11.8 Å². The normalized spacial score (nSPS) is 12.0. The van der Waals surface area contributed by atoms with E-state index < -0.39 is 0 Å². The van der Waals surface area contributed by atoms with Crippen LogP contribution in [0.1, 0.15) is 6.92 Å². The molecule has 0 aliphatic rings. The lowest BCUT2D eigenvalue weighted by Gasteiger charge is -2.14. The molecule has 26 heavy (non-hydrogen) atoms. The standard InChI is InChI=1S/C18H21N5OS2/c1-12(17(24)19-13-7-9-14(10-8-13)22(2)3)26-18-21-20-16(23(18)4)15-6-5-11-25-15/h5-12H,1-4H3,(H,19,24). The van der Waals surface area contributed by atoms with Gasteiger partial charge in [-0.2, -0.15) is 0 Å². The summed E-state index contributed by atoms with van der Waals surface area (Å²) in [5.74, 6) is 0.752. The van der Waals surface area contributed by atoms with Gasteiger partial charge in [-0.25, -0.2) is 0 Å². The molecule has 6 nitrogen and oxygen atoms in total. The molecule has 2 aromatic heterocycles. The van der Waals surface area contributed by atoms with Gasteiger partial charge in [-0.3, -0.25) is 4.79 Å². The van der Waals surface area contributed by atoms with Gasteiger partial charge in [0.05, 0.1) is 10.1 Å².